The van der Waals surface area contributed by atoms with Gasteiger partial charge in [0, 0.05) is 12.2 Å². The van der Waals surface area contributed by atoms with Crippen LogP contribution in [0, 0.1) is 11.3 Å². The summed E-state index contributed by atoms with van der Waals surface area (Å²) >= 11 is 0. The highest BCUT2D eigenvalue weighted by molar-refractivity contribution is 7.89. The Hall–Kier alpha value is -3.21. The second-order valence-corrected chi connectivity index (χ2v) is 8.86. The number of anilines is 1. The molecule has 1 aliphatic heterocycles. The average molecular weight is 405 g/mol. The van der Waals surface area contributed by atoms with Crippen molar-refractivity contribution in [1.82, 2.24) is 4.31 Å². The summed E-state index contributed by atoms with van der Waals surface area (Å²) in [5, 5.41) is 13.5. The van der Waals surface area contributed by atoms with Crippen LogP contribution in [0.4, 0.5) is 5.69 Å². The number of fused-ring (bicyclic) bond motifs is 1. The number of carbonyl (C=O) groups excluding carboxylic acids is 1. The number of amides is 1. The van der Waals surface area contributed by atoms with E-state index in [-0.39, 0.29) is 10.8 Å². The van der Waals surface area contributed by atoms with Gasteiger partial charge in [-0.2, -0.15) is 9.57 Å². The fraction of sp³-hybridized carbons (Fsp3) is 0.182. The van der Waals surface area contributed by atoms with Crippen LogP contribution in [0.25, 0.3) is 10.8 Å². The zero-order chi connectivity index (χ0) is 20.4. The Morgan fingerprint density at radius 3 is 2.62 bits per heavy atom. The average Bonchev–Trinajstić information content (AvgIpc) is 3.24. The summed E-state index contributed by atoms with van der Waals surface area (Å²) in [4.78, 5) is 13.0. The number of rotatable bonds is 4. The molecule has 0 bridgehead atoms. The molecule has 0 saturated carbocycles. The van der Waals surface area contributed by atoms with Gasteiger partial charge in [0.15, 0.2) is 0 Å². The second kappa shape index (κ2) is 7.66. The van der Waals surface area contributed by atoms with Crippen LogP contribution in [0.15, 0.2) is 71.6 Å². The van der Waals surface area contributed by atoms with Gasteiger partial charge in [-0.05, 0) is 53.9 Å². The summed E-state index contributed by atoms with van der Waals surface area (Å²) in [5.41, 5.74) is 0.902. The van der Waals surface area contributed by atoms with E-state index in [1.165, 1.54) is 4.31 Å². The number of nitrogens with zero attached hydrogens (tertiary/aromatic N) is 2. The Kier molecular flexibility index (Phi) is 5.05. The maximum Gasteiger partial charge on any atom is 0.243 e. The van der Waals surface area contributed by atoms with Gasteiger partial charge in [-0.1, -0.05) is 36.4 Å². The van der Waals surface area contributed by atoms with Gasteiger partial charge in [0.1, 0.15) is 6.04 Å². The number of carbonyl (C=O) groups is 1. The Morgan fingerprint density at radius 2 is 1.83 bits per heavy atom. The van der Waals surface area contributed by atoms with Gasteiger partial charge < -0.3 is 5.32 Å². The summed E-state index contributed by atoms with van der Waals surface area (Å²) in [6.45, 7) is 0.297. The summed E-state index contributed by atoms with van der Waals surface area (Å²) in [5.74, 6) is -0.387. The molecule has 1 heterocycles. The Bertz CT molecular complexity index is 1230. The smallest absolute Gasteiger partial charge is 0.243 e. The monoisotopic (exact) mass is 405 g/mol. The molecule has 1 N–H and O–H groups in total. The minimum Gasteiger partial charge on any atom is -0.325 e. The van der Waals surface area contributed by atoms with Crippen LogP contribution >= 0.6 is 0 Å². The van der Waals surface area contributed by atoms with Crippen LogP contribution in [0.2, 0.25) is 0 Å². The van der Waals surface area contributed by atoms with E-state index in [4.69, 9.17) is 5.26 Å². The maximum atomic E-state index is 13.2. The zero-order valence-corrected chi connectivity index (χ0v) is 16.4. The van der Waals surface area contributed by atoms with E-state index in [1.54, 1.807) is 42.5 Å². The quantitative estimate of drug-likeness (QED) is 0.719. The predicted octanol–water partition coefficient (Wildman–Crippen LogP) is 3.50. The predicted molar refractivity (Wildman–Crippen MR) is 111 cm³/mol. The highest BCUT2D eigenvalue weighted by atomic mass is 32.2. The topological polar surface area (TPSA) is 90.3 Å². The largest absolute Gasteiger partial charge is 0.325 e. The van der Waals surface area contributed by atoms with Gasteiger partial charge in [-0.15, -0.1) is 0 Å². The van der Waals surface area contributed by atoms with E-state index < -0.39 is 16.1 Å². The van der Waals surface area contributed by atoms with E-state index in [0.717, 1.165) is 10.8 Å². The van der Waals surface area contributed by atoms with Gasteiger partial charge in [-0.3, -0.25) is 4.79 Å². The normalized spacial score (nSPS) is 17.1. The highest BCUT2D eigenvalue weighted by Crippen LogP contribution is 2.29. The van der Waals surface area contributed by atoms with Crippen molar-refractivity contribution in [2.24, 2.45) is 0 Å². The van der Waals surface area contributed by atoms with Crippen LogP contribution in [0.1, 0.15) is 18.4 Å². The van der Waals surface area contributed by atoms with E-state index in [1.807, 2.05) is 30.3 Å². The van der Waals surface area contributed by atoms with Crippen molar-refractivity contribution in [2.75, 3.05) is 11.9 Å². The highest BCUT2D eigenvalue weighted by Gasteiger charge is 2.39. The van der Waals surface area contributed by atoms with Crippen molar-refractivity contribution >= 4 is 32.4 Å². The van der Waals surface area contributed by atoms with E-state index in [0.29, 0.717) is 30.6 Å². The molecule has 1 amide bonds. The molecule has 0 aromatic heterocycles. The molecule has 29 heavy (non-hydrogen) atoms. The summed E-state index contributed by atoms with van der Waals surface area (Å²) in [6.07, 6.45) is 1.07. The lowest BCUT2D eigenvalue weighted by atomic mass is 10.1. The Balaban J connectivity index is 1.60. The molecule has 0 radical (unpaired) electrons. The first-order valence-corrected chi connectivity index (χ1v) is 10.7. The minimum absolute atomic E-state index is 0.183. The first-order valence-electron chi connectivity index (χ1n) is 9.31. The molecule has 0 aliphatic carbocycles. The molecule has 3 aromatic carbocycles. The third-order valence-corrected chi connectivity index (χ3v) is 7.00. The van der Waals surface area contributed by atoms with Crippen LogP contribution < -0.4 is 5.32 Å². The fourth-order valence-corrected chi connectivity index (χ4v) is 5.34. The minimum atomic E-state index is -3.81. The molecule has 3 aromatic rings. The molecule has 6 nitrogen and oxygen atoms in total. The maximum absolute atomic E-state index is 13.2. The molecule has 146 valence electrons. The lowest BCUT2D eigenvalue weighted by Crippen LogP contribution is -2.43. The first kappa shape index (κ1) is 19.1. The first-order chi connectivity index (χ1) is 14.0. The standard InChI is InChI=1S/C22H19N3O3S/c23-15-16-5-3-8-19(13-16)24-22(26)21-9-4-12-25(21)29(27,28)20-11-10-17-6-1-2-7-18(17)14-20/h1-3,5-8,10-11,13-14,21H,4,9,12H2,(H,24,26)/t21-/m0/s1. The number of sulfonamides is 1. The van der Waals surface area contributed by atoms with Gasteiger partial charge in [0.25, 0.3) is 0 Å². The van der Waals surface area contributed by atoms with Crippen molar-refractivity contribution in [2.45, 2.75) is 23.8 Å². The summed E-state index contributed by atoms with van der Waals surface area (Å²) in [6, 6.07) is 20.4. The fourth-order valence-electron chi connectivity index (χ4n) is 3.65. The van der Waals surface area contributed by atoms with Crippen LogP contribution in [-0.4, -0.2) is 31.2 Å². The molecule has 0 spiro atoms. The van der Waals surface area contributed by atoms with Crippen molar-refractivity contribution in [1.29, 1.82) is 5.26 Å². The summed E-state index contributed by atoms with van der Waals surface area (Å²) in [7, 11) is -3.81. The SMILES string of the molecule is N#Cc1cccc(NC(=O)[C@@H]2CCCN2S(=O)(=O)c2ccc3ccccc3c2)c1. The number of benzene rings is 3. The van der Waals surface area contributed by atoms with Gasteiger partial charge >= 0.3 is 0 Å². The molecule has 7 heteroatoms. The molecule has 1 atom stereocenters. The second-order valence-electron chi connectivity index (χ2n) is 6.96. The van der Waals surface area contributed by atoms with Crippen molar-refractivity contribution < 1.29 is 13.2 Å². The van der Waals surface area contributed by atoms with Crippen molar-refractivity contribution in [3.8, 4) is 6.07 Å². The Morgan fingerprint density at radius 1 is 1.03 bits per heavy atom. The van der Waals surface area contributed by atoms with Crippen LogP contribution in [0.3, 0.4) is 0 Å². The van der Waals surface area contributed by atoms with Crippen LogP contribution in [0.5, 0.6) is 0 Å². The van der Waals surface area contributed by atoms with E-state index in [9.17, 15) is 13.2 Å². The van der Waals surface area contributed by atoms with Crippen molar-refractivity contribution in [3.05, 3.63) is 72.3 Å². The number of hydrogen-bond donors (Lipinski definition) is 1. The molecule has 1 aliphatic rings. The van der Waals surface area contributed by atoms with Crippen LogP contribution in [-0.2, 0) is 14.8 Å². The third kappa shape index (κ3) is 3.73. The molecule has 1 fully saturated rings. The van der Waals surface area contributed by atoms with E-state index in [2.05, 4.69) is 5.32 Å². The Labute approximate surface area is 169 Å². The molecular weight excluding hydrogens is 386 g/mol. The number of hydrogen-bond acceptors (Lipinski definition) is 4. The summed E-state index contributed by atoms with van der Waals surface area (Å²) < 4.78 is 27.8. The third-order valence-electron chi connectivity index (χ3n) is 5.09. The van der Waals surface area contributed by atoms with Gasteiger partial charge in [-0.25, -0.2) is 8.42 Å². The molecule has 4 rings (SSSR count). The molecule has 0 unspecified atom stereocenters. The zero-order valence-electron chi connectivity index (χ0n) is 15.6. The van der Waals surface area contributed by atoms with Gasteiger partial charge in [0.2, 0.25) is 15.9 Å². The lowest BCUT2D eigenvalue weighted by Gasteiger charge is -2.23. The van der Waals surface area contributed by atoms with E-state index >= 15 is 0 Å². The number of nitrogens with one attached hydrogen (secondary N) is 1. The van der Waals surface area contributed by atoms with Crippen molar-refractivity contribution in [3.63, 3.8) is 0 Å². The lowest BCUT2D eigenvalue weighted by molar-refractivity contribution is -0.119. The molecular formula is C22H19N3O3S. The molecule has 1 saturated heterocycles. The van der Waals surface area contributed by atoms with Gasteiger partial charge in [0.05, 0.1) is 16.5 Å². The number of nitriles is 1.